The van der Waals surface area contributed by atoms with E-state index in [1.54, 1.807) is 0 Å². The molecule has 4 aromatic rings. The highest BCUT2D eigenvalue weighted by Gasteiger charge is 2.14. The zero-order valence-corrected chi connectivity index (χ0v) is 21.6. The zero-order valence-electron chi connectivity index (χ0n) is 20.0. The van der Waals surface area contributed by atoms with Crippen molar-refractivity contribution in [3.8, 4) is 31.6 Å². The Labute approximate surface area is 208 Å². The van der Waals surface area contributed by atoms with Gasteiger partial charge in [0.25, 0.3) is 0 Å². The molecule has 3 aromatic heterocycles. The molecule has 0 saturated heterocycles. The second-order valence-corrected chi connectivity index (χ2v) is 11.0. The minimum Gasteiger partial charge on any atom is -0.339 e. The van der Waals surface area contributed by atoms with Crippen LogP contribution >= 0.6 is 22.7 Å². The van der Waals surface area contributed by atoms with E-state index in [1.165, 1.54) is 95.8 Å². The first-order valence-electron chi connectivity index (χ1n) is 12.8. The summed E-state index contributed by atoms with van der Waals surface area (Å²) in [6.07, 6.45) is 13.8. The molecule has 0 radical (unpaired) electrons. The number of nitrogens with zero attached hydrogens (tertiary/aromatic N) is 1. The van der Waals surface area contributed by atoms with Crippen LogP contribution in [0.1, 0.15) is 71.1 Å². The van der Waals surface area contributed by atoms with Gasteiger partial charge in [-0.05, 0) is 47.7 Å². The minimum atomic E-state index is 1.10. The molecule has 0 aliphatic carbocycles. The van der Waals surface area contributed by atoms with Gasteiger partial charge in [0.15, 0.2) is 0 Å². The van der Waals surface area contributed by atoms with Gasteiger partial charge in [-0.1, -0.05) is 101 Å². The first kappa shape index (κ1) is 24.0. The standard InChI is InChI=1S/C30H37NS2/c1-2-3-4-5-6-7-8-9-10-14-23-31-26(29-18-15-24-32-29)19-20-27(31)30-22-21-28(33-30)25-16-12-11-13-17-25/h11-13,15-22,24H,2-10,14,23H2,1H3. The fraction of sp³-hybridized carbons (Fsp3) is 0.400. The molecular formula is C30H37NS2. The van der Waals surface area contributed by atoms with Crippen LogP contribution in [0.15, 0.2) is 72.1 Å². The summed E-state index contributed by atoms with van der Waals surface area (Å²) < 4.78 is 2.57. The molecule has 0 unspecified atom stereocenters. The van der Waals surface area contributed by atoms with Gasteiger partial charge in [0.1, 0.15) is 0 Å². The Kier molecular flexibility index (Phi) is 9.44. The topological polar surface area (TPSA) is 4.93 Å². The van der Waals surface area contributed by atoms with Crippen molar-refractivity contribution in [2.75, 3.05) is 0 Å². The van der Waals surface area contributed by atoms with Gasteiger partial charge in [0.05, 0.1) is 21.1 Å². The van der Waals surface area contributed by atoms with Crippen molar-refractivity contribution in [2.45, 2.75) is 77.7 Å². The molecule has 1 aromatic carbocycles. The van der Waals surface area contributed by atoms with E-state index in [2.05, 4.69) is 83.6 Å². The Morgan fingerprint density at radius 2 is 1.21 bits per heavy atom. The summed E-state index contributed by atoms with van der Waals surface area (Å²) in [7, 11) is 0. The molecule has 0 aliphatic heterocycles. The van der Waals surface area contributed by atoms with Crippen molar-refractivity contribution in [3.05, 3.63) is 72.1 Å². The Balaban J connectivity index is 1.38. The van der Waals surface area contributed by atoms with E-state index < -0.39 is 0 Å². The lowest BCUT2D eigenvalue weighted by molar-refractivity contribution is 0.538. The third-order valence-corrected chi connectivity index (χ3v) is 8.46. The van der Waals surface area contributed by atoms with E-state index in [4.69, 9.17) is 0 Å². The zero-order chi connectivity index (χ0) is 22.7. The molecule has 0 aliphatic rings. The molecule has 3 heterocycles. The van der Waals surface area contributed by atoms with Crippen molar-refractivity contribution < 1.29 is 0 Å². The molecule has 0 N–H and O–H groups in total. The molecule has 0 spiro atoms. The normalized spacial score (nSPS) is 11.3. The summed E-state index contributed by atoms with van der Waals surface area (Å²) >= 11 is 3.75. The van der Waals surface area contributed by atoms with Crippen LogP contribution in [0.5, 0.6) is 0 Å². The van der Waals surface area contributed by atoms with Crippen LogP contribution in [0, 0.1) is 0 Å². The monoisotopic (exact) mass is 475 g/mol. The molecule has 0 bridgehead atoms. The van der Waals surface area contributed by atoms with E-state index in [1.807, 2.05) is 22.7 Å². The van der Waals surface area contributed by atoms with Gasteiger partial charge in [-0.2, -0.15) is 0 Å². The predicted molar refractivity (Wildman–Crippen MR) is 148 cm³/mol. The summed E-state index contributed by atoms with van der Waals surface area (Å²) in [5.41, 5.74) is 4.03. The fourth-order valence-electron chi connectivity index (χ4n) is 4.55. The van der Waals surface area contributed by atoms with E-state index in [9.17, 15) is 0 Å². The number of hydrogen-bond donors (Lipinski definition) is 0. The SMILES string of the molecule is CCCCCCCCCCCCn1c(-c2cccs2)ccc1-c1ccc(-c2ccccc2)s1. The molecule has 33 heavy (non-hydrogen) atoms. The highest BCUT2D eigenvalue weighted by atomic mass is 32.1. The highest BCUT2D eigenvalue weighted by molar-refractivity contribution is 7.18. The maximum Gasteiger partial charge on any atom is 0.0587 e. The first-order valence-corrected chi connectivity index (χ1v) is 14.5. The van der Waals surface area contributed by atoms with Crippen LogP contribution in [-0.2, 0) is 6.54 Å². The number of rotatable bonds is 14. The Morgan fingerprint density at radius 1 is 0.576 bits per heavy atom. The Bertz CT molecular complexity index is 1060. The molecule has 0 fully saturated rings. The quantitative estimate of drug-likeness (QED) is 0.160. The summed E-state index contributed by atoms with van der Waals surface area (Å²) in [6, 6.07) is 24.4. The van der Waals surface area contributed by atoms with E-state index in [-0.39, 0.29) is 0 Å². The number of aromatic nitrogens is 1. The summed E-state index contributed by atoms with van der Waals surface area (Å²) in [4.78, 5) is 4.08. The van der Waals surface area contributed by atoms with Gasteiger partial charge in [0.2, 0.25) is 0 Å². The third-order valence-electron chi connectivity index (χ3n) is 6.41. The van der Waals surface area contributed by atoms with Gasteiger partial charge in [0, 0.05) is 11.4 Å². The maximum atomic E-state index is 2.57. The van der Waals surface area contributed by atoms with Crippen LogP contribution in [0.2, 0.25) is 0 Å². The Morgan fingerprint density at radius 3 is 1.88 bits per heavy atom. The molecule has 0 atom stereocenters. The van der Waals surface area contributed by atoms with Crippen molar-refractivity contribution in [3.63, 3.8) is 0 Å². The largest absolute Gasteiger partial charge is 0.339 e. The van der Waals surface area contributed by atoms with Crippen LogP contribution < -0.4 is 0 Å². The van der Waals surface area contributed by atoms with E-state index in [0.29, 0.717) is 0 Å². The van der Waals surface area contributed by atoms with Crippen molar-refractivity contribution in [1.29, 1.82) is 0 Å². The van der Waals surface area contributed by atoms with Crippen molar-refractivity contribution in [2.24, 2.45) is 0 Å². The minimum absolute atomic E-state index is 1.10. The van der Waals surface area contributed by atoms with Gasteiger partial charge >= 0.3 is 0 Å². The van der Waals surface area contributed by atoms with Gasteiger partial charge < -0.3 is 4.57 Å². The van der Waals surface area contributed by atoms with E-state index >= 15 is 0 Å². The van der Waals surface area contributed by atoms with Gasteiger partial charge in [-0.15, -0.1) is 22.7 Å². The molecule has 0 amide bonds. The number of unbranched alkanes of at least 4 members (excludes halogenated alkanes) is 9. The highest BCUT2D eigenvalue weighted by Crippen LogP contribution is 2.38. The summed E-state index contributed by atoms with van der Waals surface area (Å²) in [5.74, 6) is 0. The number of benzene rings is 1. The average molecular weight is 476 g/mol. The second-order valence-electron chi connectivity index (χ2n) is 8.94. The summed E-state index contributed by atoms with van der Waals surface area (Å²) in [6.45, 7) is 3.39. The number of hydrogen-bond acceptors (Lipinski definition) is 2. The predicted octanol–water partition coefficient (Wildman–Crippen LogP) is 10.5. The van der Waals surface area contributed by atoms with Crippen molar-refractivity contribution >= 4 is 22.7 Å². The molecule has 174 valence electrons. The molecule has 1 nitrogen and oxygen atoms in total. The van der Waals surface area contributed by atoms with Gasteiger partial charge in [-0.25, -0.2) is 0 Å². The Hall–Kier alpha value is -2.10. The average Bonchev–Trinajstić information content (AvgIpc) is 3.61. The molecular weight excluding hydrogens is 438 g/mol. The molecule has 4 rings (SSSR count). The third kappa shape index (κ3) is 6.71. The number of thiophene rings is 2. The van der Waals surface area contributed by atoms with Crippen LogP contribution in [0.3, 0.4) is 0 Å². The first-order chi connectivity index (χ1) is 16.4. The lowest BCUT2D eigenvalue weighted by atomic mass is 10.1. The molecule has 3 heteroatoms. The van der Waals surface area contributed by atoms with Crippen LogP contribution in [-0.4, -0.2) is 4.57 Å². The second kappa shape index (κ2) is 13.0. The lowest BCUT2D eigenvalue weighted by Gasteiger charge is -2.12. The van der Waals surface area contributed by atoms with Crippen molar-refractivity contribution in [1.82, 2.24) is 4.57 Å². The van der Waals surface area contributed by atoms with Gasteiger partial charge in [-0.3, -0.25) is 0 Å². The maximum absolute atomic E-state index is 2.57. The van der Waals surface area contributed by atoms with E-state index in [0.717, 1.165) is 6.54 Å². The van der Waals surface area contributed by atoms with Crippen LogP contribution in [0.25, 0.3) is 31.6 Å². The smallest absolute Gasteiger partial charge is 0.0587 e. The summed E-state index contributed by atoms with van der Waals surface area (Å²) in [5, 5.41) is 2.19. The fourth-order valence-corrected chi connectivity index (χ4v) is 6.36. The lowest BCUT2D eigenvalue weighted by Crippen LogP contribution is -2.01. The molecule has 0 saturated carbocycles. The van der Waals surface area contributed by atoms with Crippen LogP contribution in [0.4, 0.5) is 0 Å².